The average Bonchev–Trinajstić information content (AvgIpc) is 3.07. The number of nitrogens with zero attached hydrogens (tertiary/aromatic N) is 3. The summed E-state index contributed by atoms with van der Waals surface area (Å²) in [6.45, 7) is 3.32. The Balaban J connectivity index is 1.67. The molecule has 1 aromatic heterocycles. The highest BCUT2D eigenvalue weighted by Gasteiger charge is 2.73. The van der Waals surface area contributed by atoms with Crippen LogP contribution in [-0.2, 0) is 18.5 Å². The maximum Gasteiger partial charge on any atom is 0.460 e. The lowest BCUT2D eigenvalue weighted by Gasteiger charge is -2.27. The van der Waals surface area contributed by atoms with Gasteiger partial charge in [0, 0.05) is 11.9 Å². The molecule has 0 aliphatic rings. The van der Waals surface area contributed by atoms with Gasteiger partial charge in [-0.3, -0.25) is 0 Å². The molecule has 3 aromatic rings. The molecule has 0 N–H and O–H groups in total. The van der Waals surface area contributed by atoms with Crippen LogP contribution in [-0.4, -0.2) is 32.8 Å². The monoisotopic (exact) mass is 535 g/mol. The van der Waals surface area contributed by atoms with Crippen LogP contribution in [0.1, 0.15) is 23.7 Å². The second-order valence-corrected chi connectivity index (χ2v) is 8.78. The first-order valence-corrected chi connectivity index (χ1v) is 11.1. The van der Waals surface area contributed by atoms with E-state index in [0.29, 0.717) is 34.2 Å². The summed E-state index contributed by atoms with van der Waals surface area (Å²) < 4.78 is 97.7. The van der Waals surface area contributed by atoms with Gasteiger partial charge >= 0.3 is 17.4 Å². The van der Waals surface area contributed by atoms with E-state index >= 15 is 0 Å². The predicted octanol–water partition coefficient (Wildman–Crippen LogP) is 7.34. The fourth-order valence-electron chi connectivity index (χ4n) is 3.05. The van der Waals surface area contributed by atoms with E-state index in [1.807, 2.05) is 18.2 Å². The van der Waals surface area contributed by atoms with Crippen LogP contribution in [0.15, 0.2) is 64.6 Å². The normalized spacial score (nSPS) is 13.1. The molecule has 0 unspecified atom stereocenters. The maximum absolute atomic E-state index is 13.6. The Labute approximate surface area is 205 Å². The van der Waals surface area contributed by atoms with E-state index in [1.165, 1.54) is 12.1 Å². The number of aromatic nitrogens is 2. The Bertz CT molecular complexity index is 1210. The third kappa shape index (κ3) is 5.94. The largest absolute Gasteiger partial charge is 0.460 e. The van der Waals surface area contributed by atoms with Crippen molar-refractivity contribution in [2.24, 2.45) is 12.2 Å². The molecule has 0 spiro atoms. The van der Waals surface area contributed by atoms with Gasteiger partial charge in [0.2, 0.25) is 5.88 Å². The minimum Gasteiger partial charge on any atom is -0.439 e. The van der Waals surface area contributed by atoms with Crippen molar-refractivity contribution >= 4 is 17.5 Å². The first kappa shape index (κ1) is 27.4. The summed E-state index contributed by atoms with van der Waals surface area (Å²) in [6.07, 6.45) is -6.38. The zero-order valence-electron chi connectivity index (χ0n) is 19.1. The minimum absolute atomic E-state index is 0.119. The molecule has 0 bridgehead atoms. The molecule has 0 saturated carbocycles. The SMILES string of the molecule is CC(=NOCc1ccc(SC(F)(F)C(F)(F)C(F)(F)F)cc1)c1c(C)nn(C)c1Oc1ccccc1. The molecule has 0 aliphatic carbocycles. The Morgan fingerprint density at radius 2 is 1.58 bits per heavy atom. The molecule has 0 aliphatic heterocycles. The van der Waals surface area contributed by atoms with Crippen LogP contribution >= 0.6 is 11.8 Å². The summed E-state index contributed by atoms with van der Waals surface area (Å²) in [4.78, 5) is 4.85. The lowest BCUT2D eigenvalue weighted by molar-refractivity contribution is -0.330. The summed E-state index contributed by atoms with van der Waals surface area (Å²) in [7, 11) is 1.70. The van der Waals surface area contributed by atoms with Crippen molar-refractivity contribution in [1.82, 2.24) is 9.78 Å². The fraction of sp³-hybridized carbons (Fsp3) is 0.304. The van der Waals surface area contributed by atoms with Crippen LogP contribution in [0.25, 0.3) is 0 Å². The van der Waals surface area contributed by atoms with Crippen LogP contribution in [0.5, 0.6) is 11.6 Å². The zero-order valence-corrected chi connectivity index (χ0v) is 19.9. The Kier molecular flexibility index (Phi) is 7.91. The van der Waals surface area contributed by atoms with Gasteiger partial charge in [0.15, 0.2) is 0 Å². The van der Waals surface area contributed by atoms with E-state index in [-0.39, 0.29) is 6.61 Å². The first-order chi connectivity index (χ1) is 16.7. The van der Waals surface area contributed by atoms with Crippen molar-refractivity contribution in [2.45, 2.75) is 42.7 Å². The van der Waals surface area contributed by atoms with Gasteiger partial charge in [0.1, 0.15) is 12.4 Å². The molecule has 2 aromatic carbocycles. The Morgan fingerprint density at radius 3 is 2.17 bits per heavy atom. The van der Waals surface area contributed by atoms with Gasteiger partial charge in [-0.25, -0.2) is 4.68 Å². The van der Waals surface area contributed by atoms with Crippen molar-refractivity contribution in [2.75, 3.05) is 0 Å². The highest BCUT2D eigenvalue weighted by molar-refractivity contribution is 8.00. The molecule has 5 nitrogen and oxygen atoms in total. The Morgan fingerprint density at radius 1 is 0.972 bits per heavy atom. The first-order valence-electron chi connectivity index (χ1n) is 10.3. The van der Waals surface area contributed by atoms with E-state index in [9.17, 15) is 30.7 Å². The molecule has 0 fully saturated rings. The number of hydrogen-bond acceptors (Lipinski definition) is 5. The van der Waals surface area contributed by atoms with Crippen LogP contribution in [0.3, 0.4) is 0 Å². The van der Waals surface area contributed by atoms with Gasteiger partial charge in [-0.15, -0.1) is 0 Å². The minimum atomic E-state index is -6.38. The van der Waals surface area contributed by atoms with Gasteiger partial charge < -0.3 is 9.57 Å². The van der Waals surface area contributed by atoms with E-state index in [4.69, 9.17) is 9.57 Å². The number of benzene rings is 2. The summed E-state index contributed by atoms with van der Waals surface area (Å²) in [6, 6.07) is 13.5. The van der Waals surface area contributed by atoms with Crippen molar-refractivity contribution in [3.8, 4) is 11.6 Å². The predicted molar refractivity (Wildman–Crippen MR) is 120 cm³/mol. The molecular weight excluding hydrogens is 515 g/mol. The van der Waals surface area contributed by atoms with Crippen molar-refractivity contribution in [3.63, 3.8) is 0 Å². The molecule has 1 heterocycles. The summed E-state index contributed by atoms with van der Waals surface area (Å²) in [5.41, 5.74) is 2.09. The highest BCUT2D eigenvalue weighted by Crippen LogP contribution is 2.53. The number of para-hydroxylation sites is 1. The van der Waals surface area contributed by atoms with Crippen molar-refractivity contribution in [3.05, 3.63) is 71.4 Å². The van der Waals surface area contributed by atoms with Gasteiger partial charge in [-0.2, -0.15) is 35.8 Å². The number of ether oxygens (including phenoxy) is 1. The third-order valence-corrected chi connectivity index (χ3v) is 5.83. The molecule has 36 heavy (non-hydrogen) atoms. The lowest BCUT2D eigenvalue weighted by atomic mass is 10.2. The molecule has 0 atom stereocenters. The number of rotatable bonds is 9. The number of alkyl halides is 7. The van der Waals surface area contributed by atoms with E-state index in [0.717, 1.165) is 12.1 Å². The molecule has 13 heteroatoms. The van der Waals surface area contributed by atoms with Crippen molar-refractivity contribution in [1.29, 1.82) is 0 Å². The molecule has 0 amide bonds. The number of oxime groups is 1. The van der Waals surface area contributed by atoms with E-state index in [1.54, 1.807) is 37.7 Å². The molecule has 0 saturated heterocycles. The highest BCUT2D eigenvalue weighted by atomic mass is 32.2. The molecule has 0 radical (unpaired) electrons. The molecule has 3 rings (SSSR count). The van der Waals surface area contributed by atoms with Gasteiger partial charge in [0.25, 0.3) is 0 Å². The number of halogens is 7. The van der Waals surface area contributed by atoms with Gasteiger partial charge in [0.05, 0.1) is 17.0 Å². The quantitative estimate of drug-likeness (QED) is 0.125. The summed E-state index contributed by atoms with van der Waals surface area (Å²) >= 11 is -0.874. The maximum atomic E-state index is 13.6. The van der Waals surface area contributed by atoms with Crippen LogP contribution in [0, 0.1) is 6.92 Å². The smallest absolute Gasteiger partial charge is 0.439 e. The second kappa shape index (κ2) is 10.4. The fourth-order valence-corrected chi connectivity index (χ4v) is 3.86. The van der Waals surface area contributed by atoms with Gasteiger partial charge in [-0.1, -0.05) is 35.5 Å². The van der Waals surface area contributed by atoms with Crippen molar-refractivity contribution < 1.29 is 40.3 Å². The zero-order chi connectivity index (χ0) is 26.7. The summed E-state index contributed by atoms with van der Waals surface area (Å²) in [5, 5.41) is 2.99. The van der Waals surface area contributed by atoms with Crippen LogP contribution < -0.4 is 4.74 Å². The van der Waals surface area contributed by atoms with Crippen LogP contribution in [0.2, 0.25) is 0 Å². The topological polar surface area (TPSA) is 48.6 Å². The molecular formula is C23H20F7N3O2S. The summed E-state index contributed by atoms with van der Waals surface area (Å²) in [5.74, 6) is -5.17. The van der Waals surface area contributed by atoms with Gasteiger partial charge in [-0.05, 0) is 55.4 Å². The number of hydrogen-bond donors (Lipinski definition) is 0. The van der Waals surface area contributed by atoms with E-state index in [2.05, 4.69) is 10.3 Å². The Hall–Kier alpha value is -3.22. The standard InChI is InChI=1S/C23H20F7N3O2S/c1-14-19(20(33(3)31-14)35-17-7-5-4-6-8-17)15(2)32-34-13-16-9-11-18(12-10-16)36-23(29,30)21(24,25)22(26,27)28/h4-12H,13H2,1-3H3. The third-order valence-electron chi connectivity index (χ3n) is 4.81. The van der Waals surface area contributed by atoms with E-state index < -0.39 is 34.0 Å². The molecule has 194 valence electrons. The number of aryl methyl sites for hydroxylation is 2. The number of thioether (sulfide) groups is 1. The van der Waals surface area contributed by atoms with Crippen LogP contribution in [0.4, 0.5) is 30.7 Å². The second-order valence-electron chi connectivity index (χ2n) is 7.59. The average molecular weight is 535 g/mol. The lowest BCUT2D eigenvalue weighted by Crippen LogP contribution is -2.49.